The van der Waals surface area contributed by atoms with Crippen molar-refractivity contribution in [1.82, 2.24) is 10.2 Å². The van der Waals surface area contributed by atoms with Crippen molar-refractivity contribution in [3.8, 4) is 11.5 Å². The maximum atomic E-state index is 13.7. The molecule has 8 rings (SSSR count). The van der Waals surface area contributed by atoms with Gasteiger partial charge in [-0.05, 0) is 73.4 Å². The van der Waals surface area contributed by atoms with Gasteiger partial charge in [-0.1, -0.05) is 19.9 Å². The second-order valence-corrected chi connectivity index (χ2v) is 12.1. The minimum atomic E-state index is -0.462. The molecule has 0 spiro atoms. The van der Waals surface area contributed by atoms with Crippen LogP contribution in [0, 0.1) is 11.8 Å². The molecule has 6 atom stereocenters. The third kappa shape index (κ3) is 4.07. The van der Waals surface area contributed by atoms with Gasteiger partial charge in [0.05, 0.1) is 37.3 Å². The Morgan fingerprint density at radius 1 is 1.10 bits per heavy atom. The lowest BCUT2D eigenvalue weighted by Gasteiger charge is -2.42. The summed E-state index contributed by atoms with van der Waals surface area (Å²) in [5.74, 6) is 2.83. The van der Waals surface area contributed by atoms with Crippen LogP contribution in [-0.2, 0) is 4.79 Å². The van der Waals surface area contributed by atoms with E-state index < -0.39 is 5.54 Å². The highest BCUT2D eigenvalue weighted by atomic mass is 16.5. The summed E-state index contributed by atoms with van der Waals surface area (Å²) >= 11 is 0. The van der Waals surface area contributed by atoms with Gasteiger partial charge in [0.2, 0.25) is 5.91 Å². The Balaban J connectivity index is 1.33. The molecule has 1 saturated carbocycles. The highest BCUT2D eigenvalue weighted by Gasteiger charge is 2.46. The molecule has 8 heteroatoms. The zero-order valence-electron chi connectivity index (χ0n) is 22.6. The number of ether oxygens (including phenoxy) is 2. The van der Waals surface area contributed by atoms with Crippen molar-refractivity contribution < 1.29 is 19.1 Å². The Morgan fingerprint density at radius 2 is 1.92 bits per heavy atom. The van der Waals surface area contributed by atoms with Crippen LogP contribution >= 0.6 is 0 Å². The number of aliphatic imine (C=N–C) groups is 1. The largest absolute Gasteiger partial charge is 0.493 e. The average molecular weight is 529 g/mol. The molecule has 0 aromatic heterocycles. The zero-order valence-corrected chi connectivity index (χ0v) is 22.6. The van der Waals surface area contributed by atoms with Crippen LogP contribution in [-0.4, -0.2) is 41.4 Å². The van der Waals surface area contributed by atoms with Gasteiger partial charge in [0, 0.05) is 29.0 Å². The highest BCUT2D eigenvalue weighted by Crippen LogP contribution is 2.53. The zero-order chi connectivity index (χ0) is 26.9. The van der Waals surface area contributed by atoms with Crippen LogP contribution in [0.15, 0.2) is 41.4 Å². The highest BCUT2D eigenvalue weighted by molar-refractivity contribution is 6.00. The number of fused-ring (bicyclic) bond motifs is 3. The fourth-order valence-electron chi connectivity index (χ4n) is 7.14. The third-order valence-electron chi connectivity index (χ3n) is 9.65. The Labute approximate surface area is 228 Å². The number of nitrogens with zero attached hydrogens (tertiary/aromatic N) is 2. The Kier molecular flexibility index (Phi) is 5.65. The van der Waals surface area contributed by atoms with E-state index >= 15 is 0 Å². The number of nitrogens with one attached hydrogen (secondary N) is 1. The second-order valence-electron chi connectivity index (χ2n) is 12.1. The topological polar surface area (TPSA) is 106 Å². The molecule has 0 saturated heterocycles. The van der Waals surface area contributed by atoms with E-state index in [4.69, 9.17) is 20.2 Å². The SMILES string of the molecule is CC[C@@]12CCC3CC3c3ccc4c(c3)[C@@H](NC(=O)c3ccc5c(c3)[C@@H](CCO5)N(C(=O)C1)C(N)=N2)[C@H](C)CO4. The van der Waals surface area contributed by atoms with Gasteiger partial charge < -0.3 is 20.5 Å². The Bertz CT molecular complexity index is 1390. The van der Waals surface area contributed by atoms with Crippen LogP contribution in [0.2, 0.25) is 0 Å². The van der Waals surface area contributed by atoms with Crippen molar-refractivity contribution in [3.05, 3.63) is 58.7 Å². The summed E-state index contributed by atoms with van der Waals surface area (Å²) in [5.41, 5.74) is 9.80. The number of benzene rings is 2. The van der Waals surface area contributed by atoms with Gasteiger partial charge in [0.1, 0.15) is 11.5 Å². The van der Waals surface area contributed by atoms with Crippen LogP contribution in [0.4, 0.5) is 0 Å². The van der Waals surface area contributed by atoms with E-state index in [2.05, 4.69) is 37.4 Å². The van der Waals surface area contributed by atoms with Gasteiger partial charge in [-0.25, -0.2) is 4.99 Å². The van der Waals surface area contributed by atoms with Crippen LogP contribution < -0.4 is 20.5 Å². The number of hydrogen-bond donors (Lipinski definition) is 2. The van der Waals surface area contributed by atoms with Gasteiger partial charge in [0.15, 0.2) is 5.96 Å². The third-order valence-corrected chi connectivity index (χ3v) is 9.65. The van der Waals surface area contributed by atoms with Gasteiger partial charge >= 0.3 is 0 Å². The lowest BCUT2D eigenvalue weighted by atomic mass is 9.83. The van der Waals surface area contributed by atoms with Gasteiger partial charge in [-0.2, -0.15) is 0 Å². The first-order chi connectivity index (χ1) is 18.9. The van der Waals surface area contributed by atoms with E-state index in [9.17, 15) is 9.59 Å². The number of carbonyl (C=O) groups excluding carboxylic acids is 2. The molecule has 5 aliphatic heterocycles. The van der Waals surface area contributed by atoms with Crippen molar-refractivity contribution in [1.29, 1.82) is 0 Å². The molecule has 2 aromatic carbocycles. The van der Waals surface area contributed by atoms with Crippen LogP contribution in [0.25, 0.3) is 0 Å². The number of nitrogens with two attached hydrogens (primary N) is 1. The first-order valence-corrected chi connectivity index (χ1v) is 14.4. The lowest BCUT2D eigenvalue weighted by molar-refractivity contribution is -0.132. The molecule has 6 aliphatic rings. The summed E-state index contributed by atoms with van der Waals surface area (Å²) in [6, 6.07) is 11.5. The summed E-state index contributed by atoms with van der Waals surface area (Å²) in [6.45, 7) is 5.25. The molecule has 6 bridgehead atoms. The van der Waals surface area contributed by atoms with E-state index in [1.165, 1.54) is 5.56 Å². The van der Waals surface area contributed by atoms with Crippen LogP contribution in [0.5, 0.6) is 11.5 Å². The molecule has 2 aromatic rings. The summed E-state index contributed by atoms with van der Waals surface area (Å²) < 4.78 is 12.0. The lowest BCUT2D eigenvalue weighted by Crippen LogP contribution is -2.53. The number of guanidine groups is 1. The predicted molar refractivity (Wildman–Crippen MR) is 147 cm³/mol. The number of rotatable bonds is 1. The second kappa shape index (κ2) is 9.00. The molecule has 2 amide bonds. The van der Waals surface area contributed by atoms with Crippen molar-refractivity contribution in [2.75, 3.05) is 13.2 Å². The maximum absolute atomic E-state index is 13.7. The standard InChI is InChI=1S/C31H36N4O4/c1-3-31-10-8-19-12-21(19)18-4-6-26-23(13-18)28(17(2)16-39-26)33-29(37)20-5-7-25-22(14-20)24(9-11-38-25)35(27(36)15-31)30(32)34-31/h4-7,13-14,17,19,21,24,28H,3,8-12,15-16H2,1-2H3,(H2,32,34)(H,33,37)/t17-,19?,21?,24-,28+,31-/m1/s1. The molecule has 5 heterocycles. The number of hydrogen-bond acceptors (Lipinski definition) is 6. The Morgan fingerprint density at radius 3 is 2.74 bits per heavy atom. The van der Waals surface area contributed by atoms with E-state index in [1.807, 2.05) is 12.1 Å². The fourth-order valence-corrected chi connectivity index (χ4v) is 7.14. The normalized spacial score (nSPS) is 33.0. The van der Waals surface area contributed by atoms with Crippen LogP contribution in [0.1, 0.15) is 97.4 Å². The summed E-state index contributed by atoms with van der Waals surface area (Å²) in [7, 11) is 0. The molecule has 204 valence electrons. The number of amides is 2. The molecule has 8 nitrogen and oxygen atoms in total. The molecule has 1 fully saturated rings. The summed E-state index contributed by atoms with van der Waals surface area (Å²) in [4.78, 5) is 34.0. The molecule has 1 aliphatic carbocycles. The van der Waals surface area contributed by atoms with Crippen LogP contribution in [0.3, 0.4) is 0 Å². The van der Waals surface area contributed by atoms with Gasteiger partial charge in [-0.15, -0.1) is 0 Å². The van der Waals surface area contributed by atoms with E-state index in [0.29, 0.717) is 49.2 Å². The average Bonchev–Trinajstić information content (AvgIpc) is 3.72. The summed E-state index contributed by atoms with van der Waals surface area (Å²) in [5, 5.41) is 3.30. The smallest absolute Gasteiger partial charge is 0.251 e. The fraction of sp³-hybridized carbons (Fsp3) is 0.516. The molecule has 3 N–H and O–H groups in total. The Hall–Kier alpha value is -3.55. The van der Waals surface area contributed by atoms with Crippen molar-refractivity contribution in [3.63, 3.8) is 0 Å². The molecule has 0 radical (unpaired) electrons. The maximum Gasteiger partial charge on any atom is 0.251 e. The predicted octanol–water partition coefficient (Wildman–Crippen LogP) is 4.60. The molecular formula is C31H36N4O4. The molecule has 39 heavy (non-hydrogen) atoms. The minimum Gasteiger partial charge on any atom is -0.493 e. The van der Waals surface area contributed by atoms with Gasteiger partial charge in [-0.3, -0.25) is 14.5 Å². The van der Waals surface area contributed by atoms with E-state index in [0.717, 1.165) is 42.6 Å². The quantitative estimate of drug-likeness (QED) is 0.563. The van der Waals surface area contributed by atoms with E-state index in [-0.39, 0.29) is 35.8 Å². The minimum absolute atomic E-state index is 0.00165. The first-order valence-electron chi connectivity index (χ1n) is 14.4. The summed E-state index contributed by atoms with van der Waals surface area (Å²) in [6.07, 6.45) is 4.71. The number of carbonyl (C=O) groups is 2. The molecular weight excluding hydrogens is 492 g/mol. The monoisotopic (exact) mass is 528 g/mol. The van der Waals surface area contributed by atoms with E-state index in [1.54, 1.807) is 11.0 Å². The van der Waals surface area contributed by atoms with Crippen molar-refractivity contribution in [2.45, 2.75) is 75.9 Å². The van der Waals surface area contributed by atoms with Crippen molar-refractivity contribution in [2.24, 2.45) is 22.6 Å². The van der Waals surface area contributed by atoms with Gasteiger partial charge in [0.25, 0.3) is 5.91 Å². The van der Waals surface area contributed by atoms with Crippen molar-refractivity contribution >= 4 is 17.8 Å². The first kappa shape index (κ1) is 24.5. The molecule has 2 unspecified atom stereocenters.